The Morgan fingerprint density at radius 3 is 2.68 bits per heavy atom. The van der Waals surface area contributed by atoms with Crippen molar-refractivity contribution in [2.24, 2.45) is 11.8 Å². The number of rotatable bonds is 2. The summed E-state index contributed by atoms with van der Waals surface area (Å²) in [4.78, 5) is 14.2. The summed E-state index contributed by atoms with van der Waals surface area (Å²) in [5.41, 5.74) is 0.407. The predicted molar refractivity (Wildman–Crippen MR) is 70.1 cm³/mol. The molecule has 1 amide bonds. The molecule has 2 fully saturated rings. The first-order chi connectivity index (χ1) is 9.12. The number of aliphatic hydroxyl groups is 1. The number of nitrogens with zero attached hydrogens (tertiary/aromatic N) is 1. The monoisotopic (exact) mass is 261 g/mol. The molecule has 0 aliphatic carbocycles. The van der Waals surface area contributed by atoms with Crippen molar-refractivity contribution in [3.8, 4) is 0 Å². The number of carbonyl (C=O) groups excluding carboxylic acids is 1. The van der Waals surface area contributed by atoms with Gasteiger partial charge in [0, 0.05) is 11.5 Å². The Labute approximate surface area is 113 Å². The lowest BCUT2D eigenvalue weighted by Gasteiger charge is -2.33. The lowest BCUT2D eigenvalue weighted by Crippen LogP contribution is -2.49. The molecule has 2 unspecified atom stereocenters. The van der Waals surface area contributed by atoms with Crippen LogP contribution in [0.25, 0.3) is 0 Å². The Morgan fingerprint density at radius 2 is 2.05 bits per heavy atom. The first-order valence-electron chi connectivity index (χ1n) is 6.72. The number of benzene rings is 1. The van der Waals surface area contributed by atoms with Crippen LogP contribution in [-0.2, 0) is 9.53 Å². The largest absolute Gasteiger partial charge is 0.394 e. The molecule has 1 aromatic rings. The molecule has 2 aliphatic heterocycles. The molecule has 0 aromatic heterocycles. The molecule has 19 heavy (non-hydrogen) atoms. The molecule has 4 heteroatoms. The van der Waals surface area contributed by atoms with Gasteiger partial charge in [0.05, 0.1) is 18.8 Å². The molecule has 0 bridgehead atoms. The highest BCUT2D eigenvalue weighted by molar-refractivity contribution is 5.83. The molecule has 0 radical (unpaired) electrons. The molecule has 2 heterocycles. The molecule has 1 aromatic carbocycles. The first kappa shape index (κ1) is 12.6. The Kier molecular flexibility index (Phi) is 2.87. The second kappa shape index (κ2) is 4.32. The van der Waals surface area contributed by atoms with E-state index in [0.717, 1.165) is 5.56 Å². The summed E-state index contributed by atoms with van der Waals surface area (Å²) in [5, 5.41) is 9.82. The maximum atomic E-state index is 12.5. The van der Waals surface area contributed by atoms with Crippen molar-refractivity contribution in [3.05, 3.63) is 35.9 Å². The van der Waals surface area contributed by atoms with Crippen molar-refractivity contribution >= 4 is 5.91 Å². The highest BCUT2D eigenvalue weighted by Gasteiger charge is 2.61. The molecule has 1 N–H and O–H groups in total. The molecule has 4 atom stereocenters. The van der Waals surface area contributed by atoms with Crippen LogP contribution in [0.2, 0.25) is 0 Å². The van der Waals surface area contributed by atoms with Crippen molar-refractivity contribution in [1.82, 2.24) is 4.90 Å². The fourth-order valence-electron chi connectivity index (χ4n) is 3.31. The van der Waals surface area contributed by atoms with E-state index in [0.29, 0.717) is 6.61 Å². The predicted octanol–water partition coefficient (Wildman–Crippen LogP) is 1.56. The van der Waals surface area contributed by atoms with Gasteiger partial charge in [-0.25, -0.2) is 0 Å². The van der Waals surface area contributed by atoms with Gasteiger partial charge in [0.15, 0.2) is 6.23 Å². The minimum atomic E-state index is -0.559. The molecule has 0 spiro atoms. The van der Waals surface area contributed by atoms with E-state index in [1.54, 1.807) is 4.90 Å². The molecule has 2 saturated heterocycles. The number of hydrogen-bond donors (Lipinski definition) is 1. The van der Waals surface area contributed by atoms with Crippen LogP contribution < -0.4 is 0 Å². The maximum absolute atomic E-state index is 12.5. The van der Waals surface area contributed by atoms with Crippen LogP contribution in [0.5, 0.6) is 0 Å². The fourth-order valence-corrected chi connectivity index (χ4v) is 3.31. The number of aliphatic hydroxyl groups excluding tert-OH is 1. The minimum absolute atomic E-state index is 0.0480. The van der Waals surface area contributed by atoms with Gasteiger partial charge in [-0.1, -0.05) is 44.2 Å². The maximum Gasteiger partial charge on any atom is 0.228 e. The normalized spacial score (nSPS) is 37.7. The lowest BCUT2D eigenvalue weighted by atomic mass is 9.83. The standard InChI is InChI=1S/C15H19NO3/c1-10-11(2)15(8-17)9-19-14(16(15)13(10)18)12-6-4-3-5-7-12/h3-7,10-11,14,17H,8-9H2,1-2H3/t10?,11-,14?,15-/m0/s1. The second-order valence-electron chi connectivity index (χ2n) is 5.62. The second-order valence-corrected chi connectivity index (χ2v) is 5.62. The van der Waals surface area contributed by atoms with E-state index in [4.69, 9.17) is 4.74 Å². The molecule has 4 nitrogen and oxygen atoms in total. The summed E-state index contributed by atoms with van der Waals surface area (Å²) in [6, 6.07) is 9.73. The van der Waals surface area contributed by atoms with Gasteiger partial charge in [-0.15, -0.1) is 0 Å². The third-order valence-corrected chi connectivity index (χ3v) is 4.79. The van der Waals surface area contributed by atoms with E-state index in [-0.39, 0.29) is 30.6 Å². The Hall–Kier alpha value is -1.39. The highest BCUT2D eigenvalue weighted by Crippen LogP contribution is 2.49. The van der Waals surface area contributed by atoms with Crippen molar-refractivity contribution in [1.29, 1.82) is 0 Å². The van der Waals surface area contributed by atoms with Crippen LogP contribution in [0.3, 0.4) is 0 Å². The van der Waals surface area contributed by atoms with E-state index in [9.17, 15) is 9.90 Å². The van der Waals surface area contributed by atoms with Crippen LogP contribution in [0.4, 0.5) is 0 Å². The lowest BCUT2D eigenvalue weighted by molar-refractivity contribution is -0.139. The summed E-state index contributed by atoms with van der Waals surface area (Å²) in [6.07, 6.45) is -0.367. The zero-order valence-corrected chi connectivity index (χ0v) is 11.2. The van der Waals surface area contributed by atoms with Crippen LogP contribution in [0.1, 0.15) is 25.6 Å². The molecule has 102 valence electrons. The molecular formula is C15H19NO3. The van der Waals surface area contributed by atoms with Crippen molar-refractivity contribution in [2.75, 3.05) is 13.2 Å². The van der Waals surface area contributed by atoms with Crippen molar-refractivity contribution in [2.45, 2.75) is 25.6 Å². The van der Waals surface area contributed by atoms with Crippen LogP contribution >= 0.6 is 0 Å². The van der Waals surface area contributed by atoms with Gasteiger partial charge in [0.25, 0.3) is 0 Å². The van der Waals surface area contributed by atoms with E-state index in [1.807, 2.05) is 44.2 Å². The summed E-state index contributed by atoms with van der Waals surface area (Å²) in [6.45, 7) is 4.31. The quantitative estimate of drug-likeness (QED) is 0.879. The zero-order chi connectivity index (χ0) is 13.6. The number of fused-ring (bicyclic) bond motifs is 1. The van der Waals surface area contributed by atoms with Crippen molar-refractivity contribution < 1.29 is 14.6 Å². The smallest absolute Gasteiger partial charge is 0.228 e. The average Bonchev–Trinajstić information content (AvgIpc) is 2.93. The topological polar surface area (TPSA) is 49.8 Å². The fraction of sp³-hybridized carbons (Fsp3) is 0.533. The Morgan fingerprint density at radius 1 is 1.37 bits per heavy atom. The number of hydrogen-bond acceptors (Lipinski definition) is 3. The van der Waals surface area contributed by atoms with Crippen LogP contribution in [0, 0.1) is 11.8 Å². The van der Waals surface area contributed by atoms with E-state index in [2.05, 4.69) is 0 Å². The van der Waals surface area contributed by atoms with E-state index in [1.165, 1.54) is 0 Å². The van der Waals surface area contributed by atoms with Gasteiger partial charge in [0.2, 0.25) is 5.91 Å². The molecule has 0 saturated carbocycles. The number of amides is 1. The van der Waals surface area contributed by atoms with Crippen LogP contribution in [0.15, 0.2) is 30.3 Å². The van der Waals surface area contributed by atoms with Gasteiger partial charge in [-0.3, -0.25) is 4.79 Å². The highest BCUT2D eigenvalue weighted by atomic mass is 16.5. The summed E-state index contributed by atoms with van der Waals surface area (Å²) < 4.78 is 5.83. The van der Waals surface area contributed by atoms with Gasteiger partial charge in [-0.05, 0) is 5.92 Å². The van der Waals surface area contributed by atoms with Gasteiger partial charge >= 0.3 is 0 Å². The average molecular weight is 261 g/mol. The minimum Gasteiger partial charge on any atom is -0.394 e. The Bertz CT molecular complexity index is 489. The zero-order valence-electron chi connectivity index (χ0n) is 11.2. The van der Waals surface area contributed by atoms with Crippen LogP contribution in [-0.4, -0.2) is 34.7 Å². The molecule has 3 rings (SSSR count). The SMILES string of the molecule is CC1C(=O)N2C(c3ccccc3)OC[C@@]2(CO)[C@H]1C. The van der Waals surface area contributed by atoms with Gasteiger partial charge < -0.3 is 14.7 Å². The molecule has 2 aliphatic rings. The summed E-state index contributed by atoms with van der Waals surface area (Å²) in [7, 11) is 0. The van der Waals surface area contributed by atoms with Crippen molar-refractivity contribution in [3.63, 3.8) is 0 Å². The number of carbonyl (C=O) groups is 1. The van der Waals surface area contributed by atoms with E-state index >= 15 is 0 Å². The van der Waals surface area contributed by atoms with Gasteiger partial charge in [0.1, 0.15) is 0 Å². The third-order valence-electron chi connectivity index (χ3n) is 4.79. The summed E-state index contributed by atoms with van der Waals surface area (Å²) in [5.74, 6) is 0.105. The van der Waals surface area contributed by atoms with E-state index < -0.39 is 5.54 Å². The first-order valence-corrected chi connectivity index (χ1v) is 6.72. The third kappa shape index (κ3) is 1.56. The summed E-state index contributed by atoms with van der Waals surface area (Å²) >= 11 is 0. The Balaban J connectivity index is 2.02. The number of ether oxygens (including phenoxy) is 1. The van der Waals surface area contributed by atoms with Gasteiger partial charge in [-0.2, -0.15) is 0 Å². The molecular weight excluding hydrogens is 242 g/mol.